The summed E-state index contributed by atoms with van der Waals surface area (Å²) in [7, 11) is 0. The molecular weight excluding hydrogens is 186 g/mol. The molecule has 15 heavy (non-hydrogen) atoms. The van der Waals surface area contributed by atoms with Gasteiger partial charge in [-0.1, -0.05) is 27.2 Å². The number of hydrogen-bond donors (Lipinski definition) is 1. The molecule has 0 fully saturated rings. The van der Waals surface area contributed by atoms with E-state index in [2.05, 4.69) is 37.6 Å². The first-order valence-corrected chi connectivity index (χ1v) is 6.17. The van der Waals surface area contributed by atoms with Gasteiger partial charge < -0.3 is 10.6 Å². The van der Waals surface area contributed by atoms with Gasteiger partial charge in [0.1, 0.15) is 0 Å². The Hall–Kier alpha value is -0.730. The number of hydrogen-bond acceptors (Lipinski definition) is 3. The van der Waals surface area contributed by atoms with E-state index < -0.39 is 0 Å². The van der Waals surface area contributed by atoms with Gasteiger partial charge in [-0.05, 0) is 25.7 Å². The minimum Gasteiger partial charge on any atom is -0.370 e. The molecule has 2 N–H and O–H groups in total. The van der Waals surface area contributed by atoms with Crippen LogP contribution in [0.2, 0.25) is 0 Å². The summed E-state index contributed by atoms with van der Waals surface area (Å²) in [4.78, 5) is 6.71. The molecule has 1 heterocycles. The number of guanidine groups is 1. The van der Waals surface area contributed by atoms with Gasteiger partial charge in [-0.15, -0.1) is 0 Å². The molecule has 0 saturated heterocycles. The van der Waals surface area contributed by atoms with Crippen LogP contribution in [0, 0.1) is 5.92 Å². The third-order valence-electron chi connectivity index (χ3n) is 3.78. The zero-order valence-corrected chi connectivity index (χ0v) is 10.6. The monoisotopic (exact) mass is 211 g/mol. The predicted molar refractivity (Wildman–Crippen MR) is 66.0 cm³/mol. The number of likely N-dealkylation sites (N-methyl/N-ethyl adjacent to an activating group) is 1. The Morgan fingerprint density at radius 1 is 1.47 bits per heavy atom. The number of nitrogens with two attached hydrogens (primary N) is 1. The van der Waals surface area contributed by atoms with Crippen LogP contribution in [0.4, 0.5) is 0 Å². The van der Waals surface area contributed by atoms with Crippen LogP contribution >= 0.6 is 0 Å². The molecule has 0 aromatic heterocycles. The second-order valence-corrected chi connectivity index (χ2v) is 4.71. The normalized spacial score (nSPS) is 28.0. The van der Waals surface area contributed by atoms with Crippen LogP contribution in [0.3, 0.4) is 0 Å². The highest BCUT2D eigenvalue weighted by atomic mass is 15.3. The second-order valence-electron chi connectivity index (χ2n) is 4.71. The van der Waals surface area contributed by atoms with E-state index in [1.807, 2.05) is 0 Å². The fourth-order valence-electron chi connectivity index (χ4n) is 2.55. The maximum Gasteiger partial charge on any atom is 0.191 e. The molecule has 2 atom stereocenters. The number of aliphatic imine (C=N–C) groups is 1. The van der Waals surface area contributed by atoms with E-state index in [1.165, 1.54) is 12.8 Å². The summed E-state index contributed by atoms with van der Waals surface area (Å²) in [6, 6.07) is 0. The molecule has 0 aromatic carbocycles. The lowest BCUT2D eigenvalue weighted by molar-refractivity contribution is 0.160. The Labute approximate surface area is 93.7 Å². The van der Waals surface area contributed by atoms with Crippen molar-refractivity contribution in [2.75, 3.05) is 13.1 Å². The molecule has 3 nitrogen and oxygen atoms in total. The van der Waals surface area contributed by atoms with E-state index in [0.29, 0.717) is 0 Å². The molecule has 0 aromatic rings. The van der Waals surface area contributed by atoms with E-state index in [0.717, 1.165) is 31.4 Å². The van der Waals surface area contributed by atoms with Gasteiger partial charge in [0, 0.05) is 6.54 Å². The van der Waals surface area contributed by atoms with Crippen molar-refractivity contribution >= 4 is 5.96 Å². The summed E-state index contributed by atoms with van der Waals surface area (Å²) in [6.07, 6.45) is 3.58. The number of rotatable bonds is 5. The van der Waals surface area contributed by atoms with Crippen LogP contribution in [0.1, 0.15) is 47.0 Å². The third-order valence-corrected chi connectivity index (χ3v) is 3.78. The van der Waals surface area contributed by atoms with Gasteiger partial charge in [0.15, 0.2) is 5.96 Å². The SMILES string of the molecule is CCC(C)CC1(CC)CN=C(N)N1CC. The van der Waals surface area contributed by atoms with Crippen LogP contribution < -0.4 is 5.73 Å². The Morgan fingerprint density at radius 3 is 2.60 bits per heavy atom. The molecule has 0 aliphatic carbocycles. The quantitative estimate of drug-likeness (QED) is 0.757. The number of nitrogens with zero attached hydrogens (tertiary/aromatic N) is 2. The van der Waals surface area contributed by atoms with Gasteiger partial charge in [-0.2, -0.15) is 0 Å². The molecular formula is C12H25N3. The standard InChI is InChI=1S/C12H25N3/c1-5-10(4)8-12(6-2)9-14-11(13)15(12)7-3/h10H,5-9H2,1-4H3,(H2,13,14). The predicted octanol–water partition coefficient (Wildman–Crippen LogP) is 2.22. The van der Waals surface area contributed by atoms with Gasteiger partial charge in [-0.3, -0.25) is 4.99 Å². The van der Waals surface area contributed by atoms with E-state index in [9.17, 15) is 0 Å². The molecule has 0 amide bonds. The first-order chi connectivity index (χ1) is 7.09. The van der Waals surface area contributed by atoms with Crippen molar-refractivity contribution in [1.82, 2.24) is 4.90 Å². The molecule has 1 aliphatic heterocycles. The van der Waals surface area contributed by atoms with Crippen LogP contribution in [-0.4, -0.2) is 29.5 Å². The van der Waals surface area contributed by atoms with Gasteiger partial charge in [0.05, 0.1) is 12.1 Å². The van der Waals surface area contributed by atoms with Crippen molar-refractivity contribution in [2.45, 2.75) is 52.5 Å². The first-order valence-electron chi connectivity index (χ1n) is 6.17. The highest BCUT2D eigenvalue weighted by Gasteiger charge is 2.40. The molecule has 3 heteroatoms. The molecule has 0 saturated carbocycles. The topological polar surface area (TPSA) is 41.6 Å². The average molecular weight is 211 g/mol. The highest BCUT2D eigenvalue weighted by Crippen LogP contribution is 2.32. The summed E-state index contributed by atoms with van der Waals surface area (Å²) < 4.78 is 0. The summed E-state index contributed by atoms with van der Waals surface area (Å²) in [5.41, 5.74) is 6.14. The smallest absolute Gasteiger partial charge is 0.191 e. The maximum absolute atomic E-state index is 5.93. The summed E-state index contributed by atoms with van der Waals surface area (Å²) in [5.74, 6) is 1.49. The summed E-state index contributed by atoms with van der Waals surface area (Å²) in [6.45, 7) is 10.8. The molecule has 0 bridgehead atoms. The summed E-state index contributed by atoms with van der Waals surface area (Å²) in [5, 5.41) is 0. The minimum atomic E-state index is 0.203. The first kappa shape index (κ1) is 12.3. The van der Waals surface area contributed by atoms with E-state index in [-0.39, 0.29) is 5.54 Å². The Kier molecular flexibility index (Phi) is 4.00. The lowest BCUT2D eigenvalue weighted by Crippen LogP contribution is -2.51. The lowest BCUT2D eigenvalue weighted by Gasteiger charge is -2.39. The van der Waals surface area contributed by atoms with Crippen molar-refractivity contribution < 1.29 is 0 Å². The van der Waals surface area contributed by atoms with Gasteiger partial charge in [0.2, 0.25) is 0 Å². The minimum absolute atomic E-state index is 0.203. The third kappa shape index (κ3) is 2.27. The summed E-state index contributed by atoms with van der Waals surface area (Å²) >= 11 is 0. The Morgan fingerprint density at radius 2 is 2.13 bits per heavy atom. The van der Waals surface area contributed by atoms with E-state index >= 15 is 0 Å². The van der Waals surface area contributed by atoms with Crippen LogP contribution in [0.25, 0.3) is 0 Å². The van der Waals surface area contributed by atoms with Crippen molar-refractivity contribution in [3.05, 3.63) is 0 Å². The second kappa shape index (κ2) is 4.86. The zero-order chi connectivity index (χ0) is 11.5. The Balaban J connectivity index is 2.77. The molecule has 0 radical (unpaired) electrons. The van der Waals surface area contributed by atoms with Gasteiger partial charge in [0.25, 0.3) is 0 Å². The maximum atomic E-state index is 5.93. The van der Waals surface area contributed by atoms with Gasteiger partial charge in [-0.25, -0.2) is 0 Å². The molecule has 1 rings (SSSR count). The van der Waals surface area contributed by atoms with E-state index in [1.54, 1.807) is 0 Å². The lowest BCUT2D eigenvalue weighted by atomic mass is 9.84. The largest absolute Gasteiger partial charge is 0.370 e. The fourth-order valence-corrected chi connectivity index (χ4v) is 2.55. The van der Waals surface area contributed by atoms with Crippen LogP contribution in [0.15, 0.2) is 4.99 Å². The van der Waals surface area contributed by atoms with Crippen molar-refractivity contribution in [2.24, 2.45) is 16.6 Å². The molecule has 88 valence electrons. The zero-order valence-electron chi connectivity index (χ0n) is 10.6. The molecule has 2 unspecified atom stereocenters. The highest BCUT2D eigenvalue weighted by molar-refractivity contribution is 5.81. The van der Waals surface area contributed by atoms with Crippen LogP contribution in [0.5, 0.6) is 0 Å². The average Bonchev–Trinajstić information content (AvgIpc) is 2.55. The van der Waals surface area contributed by atoms with Crippen molar-refractivity contribution in [3.8, 4) is 0 Å². The fraction of sp³-hybridized carbons (Fsp3) is 0.917. The van der Waals surface area contributed by atoms with Gasteiger partial charge >= 0.3 is 0 Å². The van der Waals surface area contributed by atoms with Crippen LogP contribution in [-0.2, 0) is 0 Å². The Bertz CT molecular complexity index is 237. The van der Waals surface area contributed by atoms with Crippen molar-refractivity contribution in [3.63, 3.8) is 0 Å². The van der Waals surface area contributed by atoms with Crippen molar-refractivity contribution in [1.29, 1.82) is 0 Å². The molecule has 0 spiro atoms. The van der Waals surface area contributed by atoms with E-state index in [4.69, 9.17) is 5.73 Å². The molecule has 1 aliphatic rings.